The molecule has 2 rings (SSSR count). The van der Waals surface area contributed by atoms with Crippen molar-refractivity contribution in [1.82, 2.24) is 0 Å². The van der Waals surface area contributed by atoms with E-state index < -0.39 is 0 Å². The van der Waals surface area contributed by atoms with E-state index in [9.17, 15) is 4.91 Å². The highest BCUT2D eigenvalue weighted by Gasteiger charge is 2.04. The van der Waals surface area contributed by atoms with E-state index in [1.807, 2.05) is 31.2 Å². The zero-order valence-corrected chi connectivity index (χ0v) is 8.65. The van der Waals surface area contributed by atoms with E-state index in [1.54, 1.807) is 13.2 Å². The standard InChI is InChI=1S/C12H11NO2/c1-8-11-7-10(15-2)5-3-9(11)4-6-12(8)13-14/h3-7H,1-2H3. The molecule has 0 fully saturated rings. The fourth-order valence-corrected chi connectivity index (χ4v) is 1.66. The van der Waals surface area contributed by atoms with Gasteiger partial charge in [0, 0.05) is 0 Å². The molecule has 2 aromatic rings. The number of hydrogen-bond donors (Lipinski definition) is 0. The second-order valence-electron chi connectivity index (χ2n) is 3.39. The van der Waals surface area contributed by atoms with Crippen LogP contribution in [0.3, 0.4) is 0 Å². The topological polar surface area (TPSA) is 38.7 Å². The Bertz CT molecular complexity index is 520. The summed E-state index contributed by atoms with van der Waals surface area (Å²) in [4.78, 5) is 10.5. The number of nitrogens with zero attached hydrogens (tertiary/aromatic N) is 1. The molecule has 0 aliphatic heterocycles. The molecule has 0 bridgehead atoms. The van der Waals surface area contributed by atoms with Gasteiger partial charge in [-0.15, -0.1) is 4.91 Å². The van der Waals surface area contributed by atoms with Crippen LogP contribution < -0.4 is 4.74 Å². The summed E-state index contributed by atoms with van der Waals surface area (Å²) in [5.74, 6) is 0.786. The number of methoxy groups -OCH3 is 1. The summed E-state index contributed by atoms with van der Waals surface area (Å²) >= 11 is 0. The Morgan fingerprint density at radius 2 is 1.93 bits per heavy atom. The number of ether oxygens (including phenoxy) is 1. The molecule has 3 nitrogen and oxygen atoms in total. The summed E-state index contributed by atoms with van der Waals surface area (Å²) in [6, 6.07) is 9.40. The first-order valence-corrected chi connectivity index (χ1v) is 4.67. The molecule has 0 amide bonds. The van der Waals surface area contributed by atoms with Crippen LogP contribution in [0.15, 0.2) is 35.5 Å². The lowest BCUT2D eigenvalue weighted by Gasteiger charge is -2.06. The summed E-state index contributed by atoms with van der Waals surface area (Å²) in [5.41, 5.74) is 1.37. The van der Waals surface area contributed by atoms with E-state index in [2.05, 4.69) is 5.18 Å². The summed E-state index contributed by atoms with van der Waals surface area (Å²) in [6.07, 6.45) is 0. The van der Waals surface area contributed by atoms with Gasteiger partial charge < -0.3 is 4.74 Å². The van der Waals surface area contributed by atoms with Gasteiger partial charge >= 0.3 is 0 Å². The largest absolute Gasteiger partial charge is 0.497 e. The maximum atomic E-state index is 10.5. The van der Waals surface area contributed by atoms with Crippen LogP contribution in [0.25, 0.3) is 10.8 Å². The zero-order chi connectivity index (χ0) is 10.8. The molecule has 0 saturated carbocycles. The van der Waals surface area contributed by atoms with Gasteiger partial charge in [0.2, 0.25) is 0 Å². The Balaban J connectivity index is 2.77. The van der Waals surface area contributed by atoms with Crippen molar-refractivity contribution in [3.63, 3.8) is 0 Å². The quantitative estimate of drug-likeness (QED) is 0.697. The number of fused-ring (bicyclic) bond motifs is 1. The molecule has 0 spiro atoms. The Kier molecular flexibility index (Phi) is 2.37. The lowest BCUT2D eigenvalue weighted by molar-refractivity contribution is 0.415. The van der Waals surface area contributed by atoms with Gasteiger partial charge in [0.25, 0.3) is 0 Å². The molecule has 15 heavy (non-hydrogen) atoms. The predicted octanol–water partition coefficient (Wildman–Crippen LogP) is 3.55. The van der Waals surface area contributed by atoms with E-state index in [0.717, 1.165) is 22.1 Å². The van der Waals surface area contributed by atoms with Crippen LogP contribution in [0.1, 0.15) is 5.56 Å². The van der Waals surface area contributed by atoms with Crippen LogP contribution in [0, 0.1) is 11.8 Å². The summed E-state index contributed by atoms with van der Waals surface area (Å²) in [6.45, 7) is 1.89. The number of hydrogen-bond acceptors (Lipinski definition) is 3. The molecule has 2 aromatic carbocycles. The summed E-state index contributed by atoms with van der Waals surface area (Å²) in [5, 5.41) is 5.07. The van der Waals surface area contributed by atoms with Gasteiger partial charge in [-0.1, -0.05) is 12.1 Å². The maximum absolute atomic E-state index is 10.5. The summed E-state index contributed by atoms with van der Waals surface area (Å²) < 4.78 is 5.14. The van der Waals surface area contributed by atoms with Crippen LogP contribution in [0.4, 0.5) is 5.69 Å². The lowest BCUT2D eigenvalue weighted by Crippen LogP contribution is -1.84. The van der Waals surface area contributed by atoms with Crippen LogP contribution in [-0.4, -0.2) is 7.11 Å². The fourth-order valence-electron chi connectivity index (χ4n) is 1.66. The SMILES string of the molecule is COc1ccc2ccc(N=O)c(C)c2c1. The van der Waals surface area contributed by atoms with Crippen molar-refractivity contribution in [1.29, 1.82) is 0 Å². The minimum atomic E-state index is 0.482. The van der Waals surface area contributed by atoms with Gasteiger partial charge in [0.1, 0.15) is 11.4 Å². The number of aryl methyl sites for hydroxylation is 1. The average Bonchev–Trinajstić information content (AvgIpc) is 2.29. The van der Waals surface area contributed by atoms with Crippen molar-refractivity contribution in [2.75, 3.05) is 7.11 Å². The van der Waals surface area contributed by atoms with E-state index in [1.165, 1.54) is 0 Å². The molecule has 0 heterocycles. The normalized spacial score (nSPS) is 10.3. The molecule has 0 unspecified atom stereocenters. The molecular weight excluding hydrogens is 190 g/mol. The Morgan fingerprint density at radius 3 is 2.60 bits per heavy atom. The van der Waals surface area contributed by atoms with E-state index in [4.69, 9.17) is 4.74 Å². The molecule has 0 radical (unpaired) electrons. The third-order valence-electron chi connectivity index (χ3n) is 2.57. The third kappa shape index (κ3) is 1.56. The van der Waals surface area contributed by atoms with Crippen LogP contribution in [0.5, 0.6) is 5.75 Å². The van der Waals surface area contributed by atoms with E-state index in [-0.39, 0.29) is 0 Å². The number of benzene rings is 2. The number of rotatable bonds is 2. The Morgan fingerprint density at radius 1 is 1.20 bits per heavy atom. The van der Waals surface area contributed by atoms with Gasteiger partial charge in [0.05, 0.1) is 7.11 Å². The third-order valence-corrected chi connectivity index (χ3v) is 2.57. The molecule has 0 aliphatic carbocycles. The first-order valence-electron chi connectivity index (χ1n) is 4.67. The van der Waals surface area contributed by atoms with Crippen molar-refractivity contribution in [2.45, 2.75) is 6.92 Å². The first-order chi connectivity index (χ1) is 7.26. The molecule has 0 saturated heterocycles. The zero-order valence-electron chi connectivity index (χ0n) is 8.65. The van der Waals surface area contributed by atoms with Gasteiger partial charge in [-0.3, -0.25) is 0 Å². The first kappa shape index (κ1) is 9.65. The predicted molar refractivity (Wildman–Crippen MR) is 60.7 cm³/mol. The van der Waals surface area contributed by atoms with Crippen molar-refractivity contribution in [3.05, 3.63) is 40.8 Å². The summed E-state index contributed by atoms with van der Waals surface area (Å²) in [7, 11) is 1.62. The molecule has 76 valence electrons. The smallest absolute Gasteiger partial charge is 0.119 e. The highest BCUT2D eigenvalue weighted by Crippen LogP contribution is 2.29. The minimum Gasteiger partial charge on any atom is -0.497 e. The molecule has 3 heteroatoms. The van der Waals surface area contributed by atoms with E-state index >= 15 is 0 Å². The molecular formula is C12H11NO2. The van der Waals surface area contributed by atoms with E-state index in [0.29, 0.717) is 5.69 Å². The van der Waals surface area contributed by atoms with Gasteiger partial charge in [0.15, 0.2) is 0 Å². The minimum absolute atomic E-state index is 0.482. The fraction of sp³-hybridized carbons (Fsp3) is 0.167. The van der Waals surface area contributed by atoms with Gasteiger partial charge in [-0.2, -0.15) is 0 Å². The average molecular weight is 201 g/mol. The monoisotopic (exact) mass is 201 g/mol. The van der Waals surface area contributed by atoms with Gasteiger partial charge in [-0.05, 0) is 46.6 Å². The molecule has 0 atom stereocenters. The van der Waals surface area contributed by atoms with Crippen molar-refractivity contribution >= 4 is 16.5 Å². The highest BCUT2D eigenvalue weighted by molar-refractivity contribution is 5.90. The molecule has 0 aliphatic rings. The van der Waals surface area contributed by atoms with Crippen molar-refractivity contribution in [2.24, 2.45) is 5.18 Å². The van der Waals surface area contributed by atoms with Crippen molar-refractivity contribution < 1.29 is 4.74 Å². The Hall–Kier alpha value is -1.90. The van der Waals surface area contributed by atoms with Crippen molar-refractivity contribution in [3.8, 4) is 5.75 Å². The van der Waals surface area contributed by atoms with Crippen LogP contribution >= 0.6 is 0 Å². The second-order valence-corrected chi connectivity index (χ2v) is 3.39. The van der Waals surface area contributed by atoms with Gasteiger partial charge in [-0.25, -0.2) is 0 Å². The molecule has 0 N–H and O–H groups in total. The number of nitroso groups, excluding NO2 is 1. The molecule has 0 aromatic heterocycles. The second kappa shape index (κ2) is 3.69. The lowest BCUT2D eigenvalue weighted by atomic mass is 10.0. The van der Waals surface area contributed by atoms with Crippen LogP contribution in [0.2, 0.25) is 0 Å². The maximum Gasteiger partial charge on any atom is 0.119 e. The Labute approximate surface area is 87.7 Å². The highest BCUT2D eigenvalue weighted by atomic mass is 16.5. The van der Waals surface area contributed by atoms with Crippen LogP contribution in [-0.2, 0) is 0 Å².